The van der Waals surface area contributed by atoms with Gasteiger partial charge in [0.15, 0.2) is 0 Å². The molecular formula is C18H28N2. The Balaban J connectivity index is 1.90. The van der Waals surface area contributed by atoms with Crippen LogP contribution < -0.4 is 5.32 Å². The van der Waals surface area contributed by atoms with E-state index >= 15 is 0 Å². The van der Waals surface area contributed by atoms with E-state index in [0.717, 1.165) is 19.0 Å². The molecule has 1 saturated carbocycles. The van der Waals surface area contributed by atoms with E-state index in [1.54, 1.807) is 5.56 Å². The first-order valence-corrected chi connectivity index (χ1v) is 8.27. The van der Waals surface area contributed by atoms with Crippen molar-refractivity contribution in [2.75, 3.05) is 26.2 Å². The summed E-state index contributed by atoms with van der Waals surface area (Å²) >= 11 is 0. The largest absolute Gasteiger partial charge is 0.314 e. The lowest BCUT2D eigenvalue weighted by molar-refractivity contribution is 0.125. The molecule has 2 aliphatic rings. The van der Waals surface area contributed by atoms with Gasteiger partial charge in [-0.2, -0.15) is 0 Å². The van der Waals surface area contributed by atoms with E-state index in [1.165, 1.54) is 49.9 Å². The highest BCUT2D eigenvalue weighted by atomic mass is 15.2. The molecule has 20 heavy (non-hydrogen) atoms. The molecule has 0 aromatic heterocycles. The quantitative estimate of drug-likeness (QED) is 0.907. The molecule has 2 heteroatoms. The van der Waals surface area contributed by atoms with E-state index in [9.17, 15) is 0 Å². The van der Waals surface area contributed by atoms with Crippen LogP contribution in [0.2, 0.25) is 0 Å². The van der Waals surface area contributed by atoms with Gasteiger partial charge in [0.25, 0.3) is 0 Å². The van der Waals surface area contributed by atoms with Gasteiger partial charge in [-0.15, -0.1) is 0 Å². The molecular weight excluding hydrogens is 244 g/mol. The van der Waals surface area contributed by atoms with Crippen LogP contribution in [0.5, 0.6) is 0 Å². The third-order valence-corrected chi connectivity index (χ3v) is 5.14. The van der Waals surface area contributed by atoms with Gasteiger partial charge in [0.2, 0.25) is 0 Å². The minimum atomic E-state index is 0.653. The van der Waals surface area contributed by atoms with Gasteiger partial charge in [0.1, 0.15) is 0 Å². The second kappa shape index (κ2) is 6.28. The molecule has 1 N–H and O–H groups in total. The molecule has 2 fully saturated rings. The van der Waals surface area contributed by atoms with Crippen molar-refractivity contribution in [2.45, 2.75) is 45.6 Å². The van der Waals surface area contributed by atoms with Gasteiger partial charge in [-0.05, 0) is 43.7 Å². The first-order valence-electron chi connectivity index (χ1n) is 8.27. The maximum absolute atomic E-state index is 3.49. The van der Waals surface area contributed by atoms with Crippen LogP contribution in [0.15, 0.2) is 18.2 Å². The Kier molecular flexibility index (Phi) is 4.42. The number of rotatable bonds is 3. The smallest absolute Gasteiger partial charge is 0.0379 e. The summed E-state index contributed by atoms with van der Waals surface area (Å²) in [5, 5.41) is 3.49. The number of benzene rings is 1. The zero-order valence-corrected chi connectivity index (χ0v) is 13.0. The van der Waals surface area contributed by atoms with Gasteiger partial charge < -0.3 is 5.32 Å². The fraction of sp³-hybridized carbons (Fsp3) is 0.667. The van der Waals surface area contributed by atoms with Crippen LogP contribution in [-0.2, 0) is 0 Å². The van der Waals surface area contributed by atoms with Crippen LogP contribution in [0.4, 0.5) is 0 Å². The first kappa shape index (κ1) is 14.1. The molecule has 1 atom stereocenters. The molecule has 1 aliphatic heterocycles. The molecule has 1 aromatic carbocycles. The van der Waals surface area contributed by atoms with Crippen LogP contribution in [0.3, 0.4) is 0 Å². The summed E-state index contributed by atoms with van der Waals surface area (Å²) in [5.41, 5.74) is 4.46. The zero-order chi connectivity index (χ0) is 13.9. The van der Waals surface area contributed by atoms with Crippen LogP contribution in [0.25, 0.3) is 0 Å². The number of nitrogens with zero attached hydrogens (tertiary/aromatic N) is 1. The first-order chi connectivity index (χ1) is 9.75. The number of hydrogen-bond acceptors (Lipinski definition) is 2. The maximum atomic E-state index is 3.49. The van der Waals surface area contributed by atoms with Crippen LogP contribution in [0, 0.1) is 19.8 Å². The monoisotopic (exact) mass is 272 g/mol. The van der Waals surface area contributed by atoms with Crippen molar-refractivity contribution in [3.05, 3.63) is 34.9 Å². The number of hydrogen-bond donors (Lipinski definition) is 1. The maximum Gasteiger partial charge on any atom is 0.0379 e. The lowest BCUT2D eigenvalue weighted by atomic mass is 9.87. The number of aryl methyl sites for hydroxylation is 2. The Morgan fingerprint density at radius 2 is 1.80 bits per heavy atom. The molecule has 1 saturated heterocycles. The minimum Gasteiger partial charge on any atom is -0.314 e. The lowest BCUT2D eigenvalue weighted by Crippen LogP contribution is -2.46. The average molecular weight is 272 g/mol. The van der Waals surface area contributed by atoms with Crippen molar-refractivity contribution < 1.29 is 0 Å². The average Bonchev–Trinajstić information content (AvgIpc) is 2.97. The second-order valence-corrected chi connectivity index (χ2v) is 6.64. The standard InChI is InChI=1S/C18H28N2/c1-14-7-8-17(15(2)13-14)18(16-5-3-4-6-16)20-11-9-19-10-12-20/h7-8,13,16,18-19H,3-6,9-12H2,1-2H3. The van der Waals surface area contributed by atoms with Gasteiger partial charge >= 0.3 is 0 Å². The Morgan fingerprint density at radius 1 is 1.10 bits per heavy atom. The Hall–Kier alpha value is -0.860. The molecule has 1 unspecified atom stereocenters. The molecule has 0 amide bonds. The van der Waals surface area contributed by atoms with Crippen molar-refractivity contribution in [1.82, 2.24) is 10.2 Å². The molecule has 0 bridgehead atoms. The Labute approximate surface area is 123 Å². The van der Waals surface area contributed by atoms with Gasteiger partial charge in [0.05, 0.1) is 0 Å². The third-order valence-electron chi connectivity index (χ3n) is 5.14. The van der Waals surface area contributed by atoms with E-state index in [0.29, 0.717) is 6.04 Å². The number of nitrogens with one attached hydrogen (secondary N) is 1. The SMILES string of the molecule is Cc1ccc(C(C2CCCC2)N2CCNCC2)c(C)c1. The summed E-state index contributed by atoms with van der Waals surface area (Å²) in [6, 6.07) is 7.71. The van der Waals surface area contributed by atoms with E-state index in [-0.39, 0.29) is 0 Å². The molecule has 1 aromatic rings. The summed E-state index contributed by atoms with van der Waals surface area (Å²) in [7, 11) is 0. The molecule has 2 nitrogen and oxygen atoms in total. The molecule has 1 heterocycles. The second-order valence-electron chi connectivity index (χ2n) is 6.64. The summed E-state index contributed by atoms with van der Waals surface area (Å²) in [6.45, 7) is 9.20. The van der Waals surface area contributed by atoms with Crippen molar-refractivity contribution in [2.24, 2.45) is 5.92 Å². The number of piperazine rings is 1. The molecule has 1 aliphatic carbocycles. The zero-order valence-electron chi connectivity index (χ0n) is 13.0. The predicted octanol–water partition coefficient (Wildman–Crippen LogP) is 3.44. The van der Waals surface area contributed by atoms with Crippen molar-refractivity contribution >= 4 is 0 Å². The summed E-state index contributed by atoms with van der Waals surface area (Å²) < 4.78 is 0. The van der Waals surface area contributed by atoms with Crippen molar-refractivity contribution in [3.63, 3.8) is 0 Å². The van der Waals surface area contributed by atoms with Gasteiger partial charge in [0, 0.05) is 32.2 Å². The van der Waals surface area contributed by atoms with Crippen LogP contribution >= 0.6 is 0 Å². The summed E-state index contributed by atoms with van der Waals surface area (Å²) in [6.07, 6.45) is 5.69. The van der Waals surface area contributed by atoms with Crippen molar-refractivity contribution in [1.29, 1.82) is 0 Å². The van der Waals surface area contributed by atoms with E-state index in [1.807, 2.05) is 0 Å². The highest BCUT2D eigenvalue weighted by Crippen LogP contribution is 2.40. The molecule has 3 rings (SSSR count). The van der Waals surface area contributed by atoms with Crippen LogP contribution in [-0.4, -0.2) is 31.1 Å². The molecule has 0 radical (unpaired) electrons. The Morgan fingerprint density at radius 3 is 2.45 bits per heavy atom. The topological polar surface area (TPSA) is 15.3 Å². The van der Waals surface area contributed by atoms with E-state index < -0.39 is 0 Å². The van der Waals surface area contributed by atoms with Gasteiger partial charge in [-0.3, -0.25) is 4.90 Å². The van der Waals surface area contributed by atoms with Crippen LogP contribution in [0.1, 0.15) is 48.4 Å². The highest BCUT2D eigenvalue weighted by molar-refractivity contribution is 5.33. The normalized spacial score (nSPS) is 23.1. The summed E-state index contributed by atoms with van der Waals surface area (Å²) in [5.74, 6) is 0.870. The van der Waals surface area contributed by atoms with E-state index in [2.05, 4.69) is 42.3 Å². The highest BCUT2D eigenvalue weighted by Gasteiger charge is 2.32. The molecule has 110 valence electrons. The lowest BCUT2D eigenvalue weighted by Gasteiger charge is -2.39. The third kappa shape index (κ3) is 2.91. The van der Waals surface area contributed by atoms with Gasteiger partial charge in [-0.1, -0.05) is 36.6 Å². The van der Waals surface area contributed by atoms with E-state index in [4.69, 9.17) is 0 Å². The van der Waals surface area contributed by atoms with Gasteiger partial charge in [-0.25, -0.2) is 0 Å². The predicted molar refractivity (Wildman–Crippen MR) is 85.1 cm³/mol. The fourth-order valence-electron chi connectivity index (χ4n) is 4.14. The van der Waals surface area contributed by atoms with Crippen molar-refractivity contribution in [3.8, 4) is 0 Å². The Bertz CT molecular complexity index is 443. The molecule has 0 spiro atoms. The minimum absolute atomic E-state index is 0.653. The fourth-order valence-corrected chi connectivity index (χ4v) is 4.14. The summed E-state index contributed by atoms with van der Waals surface area (Å²) in [4.78, 5) is 2.74.